The molecule has 23 heavy (non-hydrogen) atoms. The van der Waals surface area contributed by atoms with Gasteiger partial charge >= 0.3 is 0 Å². The number of phenolic OH excluding ortho intramolecular Hbond substituents is 3. The second-order valence-electron chi connectivity index (χ2n) is 5.45. The average molecular weight is 315 g/mol. The van der Waals surface area contributed by atoms with E-state index in [0.717, 1.165) is 0 Å². The third kappa shape index (κ3) is 2.57. The molecule has 0 unspecified atom stereocenters. The van der Waals surface area contributed by atoms with E-state index in [1.807, 2.05) is 0 Å². The predicted octanol–water partition coefficient (Wildman–Crippen LogP) is 1.54. The second-order valence-corrected chi connectivity index (χ2v) is 5.45. The van der Waals surface area contributed by atoms with Crippen LogP contribution in [0.2, 0.25) is 0 Å². The third-order valence-electron chi connectivity index (χ3n) is 4.05. The minimum atomic E-state index is -0.393. The van der Waals surface area contributed by atoms with Crippen LogP contribution < -0.4 is 4.90 Å². The van der Waals surface area contributed by atoms with E-state index < -0.39 is 5.91 Å². The van der Waals surface area contributed by atoms with Crippen molar-refractivity contribution in [1.29, 1.82) is 0 Å². The lowest BCUT2D eigenvalue weighted by Gasteiger charge is -2.28. The lowest BCUT2D eigenvalue weighted by Crippen LogP contribution is -2.36. The molecule has 4 N–H and O–H groups in total. The minimum absolute atomic E-state index is 0.0177. The van der Waals surface area contributed by atoms with Crippen LogP contribution in [0, 0.1) is 0 Å². The van der Waals surface area contributed by atoms with Gasteiger partial charge in [0.25, 0.3) is 5.91 Å². The Bertz CT molecular complexity index is 772. The number of β-amino-alcohol motifs (C(OH)–C–C–N with tert-alkyl or cyclic N) is 1. The van der Waals surface area contributed by atoms with E-state index >= 15 is 0 Å². The summed E-state index contributed by atoms with van der Waals surface area (Å²) in [6.45, 7) is -0.250. The van der Waals surface area contributed by atoms with Crippen molar-refractivity contribution >= 4 is 11.6 Å². The van der Waals surface area contributed by atoms with Gasteiger partial charge in [-0.15, -0.1) is 0 Å². The summed E-state index contributed by atoms with van der Waals surface area (Å²) < 4.78 is 0. The maximum atomic E-state index is 12.9. The van der Waals surface area contributed by atoms with Crippen molar-refractivity contribution in [1.82, 2.24) is 0 Å². The van der Waals surface area contributed by atoms with Crippen molar-refractivity contribution in [2.75, 3.05) is 18.1 Å². The molecule has 0 atom stereocenters. The molecule has 0 spiro atoms. The van der Waals surface area contributed by atoms with Gasteiger partial charge in [-0.05, 0) is 25.0 Å². The van der Waals surface area contributed by atoms with Gasteiger partial charge < -0.3 is 25.3 Å². The highest BCUT2D eigenvalue weighted by Gasteiger charge is 2.28. The fraction of sp³-hybridized carbons (Fsp3) is 0.235. The van der Waals surface area contributed by atoms with Gasteiger partial charge in [0.05, 0.1) is 12.3 Å². The molecule has 1 aliphatic rings. The Morgan fingerprint density at radius 2 is 1.74 bits per heavy atom. The first-order chi connectivity index (χ1) is 11.0. The molecule has 0 saturated carbocycles. The summed E-state index contributed by atoms with van der Waals surface area (Å²) in [5.41, 5.74) is 1.74. The van der Waals surface area contributed by atoms with Crippen molar-refractivity contribution < 1.29 is 25.2 Å². The molecule has 0 bridgehead atoms. The quantitative estimate of drug-likeness (QED) is 0.673. The normalized spacial score (nSPS) is 14.0. The van der Waals surface area contributed by atoms with E-state index in [4.69, 9.17) is 0 Å². The molecule has 0 aliphatic carbocycles. The van der Waals surface area contributed by atoms with Crippen LogP contribution in [0.5, 0.6) is 17.2 Å². The highest BCUT2D eigenvalue weighted by molar-refractivity contribution is 6.08. The molecular weight excluding hydrogens is 298 g/mol. The zero-order chi connectivity index (χ0) is 16.6. The molecule has 0 radical (unpaired) electrons. The highest BCUT2D eigenvalue weighted by Crippen LogP contribution is 2.38. The number of anilines is 1. The third-order valence-corrected chi connectivity index (χ3v) is 4.05. The largest absolute Gasteiger partial charge is 0.508 e. The number of amides is 1. The lowest BCUT2D eigenvalue weighted by molar-refractivity contribution is 0.0978. The van der Waals surface area contributed by atoms with Gasteiger partial charge in [-0.3, -0.25) is 4.79 Å². The number of nitrogens with zero attached hydrogens (tertiary/aromatic N) is 1. The fourth-order valence-electron chi connectivity index (χ4n) is 2.99. The number of aromatic hydroxyl groups is 3. The number of rotatable bonds is 2. The molecule has 1 amide bonds. The zero-order valence-electron chi connectivity index (χ0n) is 12.4. The minimum Gasteiger partial charge on any atom is -0.508 e. The molecule has 0 aromatic heterocycles. The second kappa shape index (κ2) is 5.81. The van der Waals surface area contributed by atoms with Gasteiger partial charge in [0.15, 0.2) is 0 Å². The van der Waals surface area contributed by atoms with Crippen molar-refractivity contribution in [3.8, 4) is 17.2 Å². The number of phenols is 3. The molecule has 3 rings (SSSR count). The Labute approximate surface area is 132 Å². The summed E-state index contributed by atoms with van der Waals surface area (Å²) in [5.74, 6) is -0.638. The van der Waals surface area contributed by atoms with E-state index in [-0.39, 0.29) is 30.4 Å². The number of hydrogen-bond donors (Lipinski definition) is 4. The Kier molecular flexibility index (Phi) is 3.83. The van der Waals surface area contributed by atoms with E-state index in [2.05, 4.69) is 0 Å². The number of benzene rings is 2. The molecule has 0 fully saturated rings. The SMILES string of the molecule is O=C1c2cccc(O)c2CCc2c(O)cc(O)cc2N1CCO. The maximum Gasteiger partial charge on any atom is 0.258 e. The summed E-state index contributed by atoms with van der Waals surface area (Å²) in [6.07, 6.45) is 0.771. The van der Waals surface area contributed by atoms with Crippen LogP contribution in [0.1, 0.15) is 21.5 Å². The van der Waals surface area contributed by atoms with Crippen LogP contribution in [0.4, 0.5) is 5.69 Å². The lowest BCUT2D eigenvalue weighted by atomic mass is 9.93. The standard InChI is InChI=1S/C17H17NO5/c19-7-6-18-14-8-10(20)9-16(22)13(14)5-4-11-12(17(18)23)2-1-3-15(11)21/h1-3,8-9,19-22H,4-7H2. The van der Waals surface area contributed by atoms with Gasteiger partial charge in [0.1, 0.15) is 17.2 Å². The zero-order valence-corrected chi connectivity index (χ0v) is 12.4. The number of aliphatic hydroxyl groups is 1. The summed E-state index contributed by atoms with van der Waals surface area (Å²) in [7, 11) is 0. The topological polar surface area (TPSA) is 101 Å². The molecule has 2 aromatic carbocycles. The summed E-state index contributed by atoms with van der Waals surface area (Å²) in [5, 5.41) is 39.2. The molecular formula is C17H17NO5. The highest BCUT2D eigenvalue weighted by atomic mass is 16.3. The van der Waals surface area contributed by atoms with E-state index in [0.29, 0.717) is 35.2 Å². The number of fused-ring (bicyclic) bond motifs is 2. The molecule has 2 aromatic rings. The average Bonchev–Trinajstić information content (AvgIpc) is 2.50. The van der Waals surface area contributed by atoms with Crippen molar-refractivity contribution in [2.45, 2.75) is 12.8 Å². The van der Waals surface area contributed by atoms with Gasteiger partial charge in [0.2, 0.25) is 0 Å². The van der Waals surface area contributed by atoms with Crippen LogP contribution in [-0.4, -0.2) is 39.5 Å². The predicted molar refractivity (Wildman–Crippen MR) is 84.0 cm³/mol. The summed E-state index contributed by atoms with van der Waals surface area (Å²) in [6, 6.07) is 7.34. The fourth-order valence-corrected chi connectivity index (χ4v) is 2.99. The van der Waals surface area contributed by atoms with E-state index in [1.165, 1.54) is 23.1 Å². The van der Waals surface area contributed by atoms with E-state index in [9.17, 15) is 25.2 Å². The molecule has 120 valence electrons. The van der Waals surface area contributed by atoms with Crippen LogP contribution in [0.25, 0.3) is 0 Å². The first kappa shape index (κ1) is 15.2. The van der Waals surface area contributed by atoms with Gasteiger partial charge in [-0.1, -0.05) is 6.07 Å². The van der Waals surface area contributed by atoms with Crippen LogP contribution >= 0.6 is 0 Å². The van der Waals surface area contributed by atoms with Gasteiger partial charge in [-0.2, -0.15) is 0 Å². The number of aliphatic hydroxyl groups excluding tert-OH is 1. The number of carbonyl (C=O) groups excluding carboxylic acids is 1. The molecule has 6 heteroatoms. The van der Waals surface area contributed by atoms with Crippen LogP contribution in [0.15, 0.2) is 30.3 Å². The number of hydrogen-bond acceptors (Lipinski definition) is 5. The smallest absolute Gasteiger partial charge is 0.258 e. The number of carbonyl (C=O) groups is 1. The first-order valence-corrected chi connectivity index (χ1v) is 7.31. The molecule has 1 heterocycles. The van der Waals surface area contributed by atoms with Crippen molar-refractivity contribution in [3.05, 3.63) is 47.0 Å². The maximum absolute atomic E-state index is 12.9. The van der Waals surface area contributed by atoms with E-state index in [1.54, 1.807) is 12.1 Å². The van der Waals surface area contributed by atoms with Crippen LogP contribution in [-0.2, 0) is 12.8 Å². The van der Waals surface area contributed by atoms with Crippen LogP contribution in [0.3, 0.4) is 0 Å². The monoisotopic (exact) mass is 315 g/mol. The van der Waals surface area contributed by atoms with Gasteiger partial charge in [-0.25, -0.2) is 0 Å². The Morgan fingerprint density at radius 3 is 2.48 bits per heavy atom. The van der Waals surface area contributed by atoms with Gasteiger partial charge in [0, 0.05) is 35.4 Å². The molecule has 0 saturated heterocycles. The Hall–Kier alpha value is -2.73. The molecule has 1 aliphatic heterocycles. The first-order valence-electron chi connectivity index (χ1n) is 7.31. The Balaban J connectivity index is 2.21. The van der Waals surface area contributed by atoms with Crippen molar-refractivity contribution in [2.24, 2.45) is 0 Å². The van der Waals surface area contributed by atoms with Crippen molar-refractivity contribution in [3.63, 3.8) is 0 Å². The summed E-state index contributed by atoms with van der Waals surface area (Å²) in [4.78, 5) is 14.2. The summed E-state index contributed by atoms with van der Waals surface area (Å²) >= 11 is 0. The Morgan fingerprint density at radius 1 is 1.00 bits per heavy atom. The molecule has 6 nitrogen and oxygen atoms in total.